The van der Waals surface area contributed by atoms with E-state index in [1.807, 2.05) is 26.0 Å². The summed E-state index contributed by atoms with van der Waals surface area (Å²) in [5.41, 5.74) is 2.09. The molecule has 1 fully saturated rings. The number of rotatable bonds is 2. The number of carbonyl (C=O) groups is 1. The smallest absolute Gasteiger partial charge is 0.257 e. The summed E-state index contributed by atoms with van der Waals surface area (Å²) in [6.07, 6.45) is 1.28. The van der Waals surface area contributed by atoms with E-state index in [-0.39, 0.29) is 11.8 Å². The van der Waals surface area contributed by atoms with Gasteiger partial charge in [-0.1, -0.05) is 18.5 Å². The minimum absolute atomic E-state index is 0.0823. The Bertz CT molecular complexity index is 686. The van der Waals surface area contributed by atoms with Crippen molar-refractivity contribution in [1.82, 2.24) is 14.7 Å². The lowest BCUT2D eigenvalue weighted by atomic mass is 10.1. The normalized spacial score (nSPS) is 21.4. The number of aliphatic hydroxyl groups is 1. The Hall–Kier alpha value is -1.85. The number of aryl methyl sites for hydroxylation is 1. The molecular weight excluding hydrogens is 302 g/mol. The number of nitrogens with zero attached hydrogens (tertiary/aromatic N) is 3. The van der Waals surface area contributed by atoms with E-state index in [4.69, 9.17) is 11.6 Å². The van der Waals surface area contributed by atoms with Crippen molar-refractivity contribution in [1.29, 1.82) is 0 Å². The van der Waals surface area contributed by atoms with Gasteiger partial charge in [0.15, 0.2) is 0 Å². The largest absolute Gasteiger partial charge is 0.391 e. The van der Waals surface area contributed by atoms with Crippen LogP contribution in [0.3, 0.4) is 0 Å². The molecule has 0 radical (unpaired) electrons. The Labute approximate surface area is 134 Å². The standard InChI is InChI=1S/C16H18ClN3O2/c1-10-7-19(9-15(10)21)16(22)14-8-20(18-11(14)2)13-5-3-12(17)4-6-13/h3-6,8,10,15,21H,7,9H2,1-2H3/t10-,15-/m0/s1. The van der Waals surface area contributed by atoms with Gasteiger partial charge in [-0.25, -0.2) is 4.68 Å². The van der Waals surface area contributed by atoms with E-state index in [9.17, 15) is 9.90 Å². The molecule has 0 aliphatic carbocycles. The lowest BCUT2D eigenvalue weighted by molar-refractivity contribution is 0.0764. The molecule has 0 saturated carbocycles. The van der Waals surface area contributed by atoms with Crippen LogP contribution in [-0.4, -0.2) is 44.9 Å². The molecule has 1 N–H and O–H groups in total. The topological polar surface area (TPSA) is 58.4 Å². The average Bonchev–Trinajstić information content (AvgIpc) is 3.03. The van der Waals surface area contributed by atoms with E-state index in [0.717, 1.165) is 5.69 Å². The summed E-state index contributed by atoms with van der Waals surface area (Å²) in [6, 6.07) is 7.28. The second-order valence-corrected chi connectivity index (χ2v) is 6.24. The quantitative estimate of drug-likeness (QED) is 0.924. The molecule has 22 heavy (non-hydrogen) atoms. The highest BCUT2D eigenvalue weighted by Gasteiger charge is 2.32. The number of benzene rings is 1. The van der Waals surface area contributed by atoms with Gasteiger partial charge >= 0.3 is 0 Å². The Morgan fingerprint density at radius 1 is 1.32 bits per heavy atom. The molecule has 1 aromatic heterocycles. The molecule has 2 heterocycles. The summed E-state index contributed by atoms with van der Waals surface area (Å²) in [5, 5.41) is 14.9. The van der Waals surface area contributed by atoms with E-state index < -0.39 is 6.10 Å². The number of amides is 1. The minimum Gasteiger partial charge on any atom is -0.391 e. The third kappa shape index (κ3) is 2.74. The predicted octanol–water partition coefficient (Wildman–Crippen LogP) is 2.29. The number of aliphatic hydroxyl groups excluding tert-OH is 1. The van der Waals surface area contributed by atoms with Gasteiger partial charge < -0.3 is 10.0 Å². The highest BCUT2D eigenvalue weighted by Crippen LogP contribution is 2.21. The molecule has 0 unspecified atom stereocenters. The SMILES string of the molecule is Cc1nn(-c2ccc(Cl)cc2)cc1C(=O)N1C[C@H](C)[C@@H](O)C1. The molecule has 1 saturated heterocycles. The van der Waals surface area contributed by atoms with Gasteiger partial charge in [0.2, 0.25) is 0 Å². The summed E-state index contributed by atoms with van der Waals surface area (Å²) in [5.74, 6) is 0.0247. The molecule has 2 atom stereocenters. The summed E-state index contributed by atoms with van der Waals surface area (Å²) in [6.45, 7) is 4.72. The number of aromatic nitrogens is 2. The maximum Gasteiger partial charge on any atom is 0.257 e. The molecule has 0 spiro atoms. The molecule has 116 valence electrons. The highest BCUT2D eigenvalue weighted by molar-refractivity contribution is 6.30. The molecule has 3 rings (SSSR count). The van der Waals surface area contributed by atoms with Crippen molar-refractivity contribution in [2.24, 2.45) is 5.92 Å². The van der Waals surface area contributed by atoms with Crippen LogP contribution >= 0.6 is 11.6 Å². The van der Waals surface area contributed by atoms with Crippen LogP contribution in [0.4, 0.5) is 0 Å². The van der Waals surface area contributed by atoms with E-state index in [1.165, 1.54) is 0 Å². The van der Waals surface area contributed by atoms with Crippen molar-refractivity contribution in [2.45, 2.75) is 20.0 Å². The van der Waals surface area contributed by atoms with Crippen molar-refractivity contribution >= 4 is 17.5 Å². The van der Waals surface area contributed by atoms with Gasteiger partial charge in [-0.3, -0.25) is 4.79 Å². The summed E-state index contributed by atoms with van der Waals surface area (Å²) < 4.78 is 1.68. The van der Waals surface area contributed by atoms with E-state index in [1.54, 1.807) is 27.9 Å². The average molecular weight is 320 g/mol. The molecule has 6 heteroatoms. The highest BCUT2D eigenvalue weighted by atomic mass is 35.5. The van der Waals surface area contributed by atoms with Crippen LogP contribution in [0.1, 0.15) is 23.0 Å². The van der Waals surface area contributed by atoms with Crippen molar-refractivity contribution in [2.75, 3.05) is 13.1 Å². The molecule has 0 bridgehead atoms. The lowest BCUT2D eigenvalue weighted by Crippen LogP contribution is -2.29. The van der Waals surface area contributed by atoms with Crippen LogP contribution in [0.5, 0.6) is 0 Å². The minimum atomic E-state index is -0.449. The Kier molecular flexibility index (Phi) is 3.93. The molecule has 1 amide bonds. The third-order valence-corrected chi connectivity index (χ3v) is 4.33. The maximum absolute atomic E-state index is 12.6. The molecule has 1 aliphatic rings. The van der Waals surface area contributed by atoms with Crippen LogP contribution in [0.25, 0.3) is 5.69 Å². The zero-order valence-electron chi connectivity index (χ0n) is 12.5. The Morgan fingerprint density at radius 2 is 2.00 bits per heavy atom. The first-order valence-corrected chi connectivity index (χ1v) is 7.63. The fourth-order valence-electron chi connectivity index (χ4n) is 2.68. The third-order valence-electron chi connectivity index (χ3n) is 4.08. The van der Waals surface area contributed by atoms with Gasteiger partial charge in [-0.2, -0.15) is 5.10 Å². The predicted molar refractivity (Wildman–Crippen MR) is 84.4 cm³/mol. The Morgan fingerprint density at radius 3 is 2.59 bits per heavy atom. The summed E-state index contributed by atoms with van der Waals surface area (Å²) in [7, 11) is 0. The number of likely N-dealkylation sites (tertiary alicyclic amines) is 1. The summed E-state index contributed by atoms with van der Waals surface area (Å²) >= 11 is 5.89. The molecule has 1 aromatic carbocycles. The number of halogens is 1. The maximum atomic E-state index is 12.6. The van der Waals surface area contributed by atoms with Crippen molar-refractivity contribution in [3.05, 3.63) is 46.7 Å². The zero-order chi connectivity index (χ0) is 15.9. The van der Waals surface area contributed by atoms with Crippen molar-refractivity contribution in [3.63, 3.8) is 0 Å². The van der Waals surface area contributed by atoms with Crippen LogP contribution < -0.4 is 0 Å². The van der Waals surface area contributed by atoms with Crippen molar-refractivity contribution < 1.29 is 9.90 Å². The Balaban J connectivity index is 1.86. The molecule has 1 aliphatic heterocycles. The fourth-order valence-corrected chi connectivity index (χ4v) is 2.81. The van der Waals surface area contributed by atoms with Crippen LogP contribution in [0.2, 0.25) is 5.02 Å². The van der Waals surface area contributed by atoms with E-state index in [2.05, 4.69) is 5.10 Å². The molecule has 2 aromatic rings. The monoisotopic (exact) mass is 319 g/mol. The first-order chi connectivity index (χ1) is 10.5. The molecule has 5 nitrogen and oxygen atoms in total. The van der Waals surface area contributed by atoms with Gasteiger partial charge in [-0.05, 0) is 31.2 Å². The van der Waals surface area contributed by atoms with Crippen LogP contribution in [-0.2, 0) is 0 Å². The van der Waals surface area contributed by atoms with Gasteiger partial charge in [0, 0.05) is 30.2 Å². The first-order valence-electron chi connectivity index (χ1n) is 7.25. The van der Waals surface area contributed by atoms with Crippen LogP contribution in [0, 0.1) is 12.8 Å². The van der Waals surface area contributed by atoms with Gasteiger partial charge in [0.05, 0.1) is 23.0 Å². The fraction of sp³-hybridized carbons (Fsp3) is 0.375. The van der Waals surface area contributed by atoms with E-state index >= 15 is 0 Å². The van der Waals surface area contributed by atoms with Gasteiger partial charge in [0.25, 0.3) is 5.91 Å². The lowest BCUT2D eigenvalue weighted by Gasteiger charge is -2.14. The number of hydrogen-bond donors (Lipinski definition) is 1. The number of β-amino-alcohol motifs (C(OH)–C–C–N with tert-alkyl or cyclic N) is 1. The van der Waals surface area contributed by atoms with E-state index in [0.29, 0.717) is 29.4 Å². The first kappa shape index (κ1) is 15.1. The number of carbonyl (C=O) groups excluding carboxylic acids is 1. The molecular formula is C16H18ClN3O2. The second kappa shape index (κ2) is 5.74. The van der Waals surface area contributed by atoms with Gasteiger partial charge in [0.1, 0.15) is 0 Å². The number of hydrogen-bond acceptors (Lipinski definition) is 3. The second-order valence-electron chi connectivity index (χ2n) is 5.80. The van der Waals surface area contributed by atoms with Crippen molar-refractivity contribution in [3.8, 4) is 5.69 Å². The van der Waals surface area contributed by atoms with Crippen LogP contribution in [0.15, 0.2) is 30.5 Å². The zero-order valence-corrected chi connectivity index (χ0v) is 13.3. The van der Waals surface area contributed by atoms with Gasteiger partial charge in [-0.15, -0.1) is 0 Å². The summed E-state index contributed by atoms with van der Waals surface area (Å²) in [4.78, 5) is 14.3.